The first kappa shape index (κ1) is 19.4. The van der Waals surface area contributed by atoms with Gasteiger partial charge in [-0.05, 0) is 43.7 Å². The van der Waals surface area contributed by atoms with Crippen molar-refractivity contribution >= 4 is 17.5 Å². The molecule has 1 atom stereocenters. The standard InChI is InChI=1S/C21H22O5/c1-3-25-21(24)19(15(2)22)13-20(23)17-9-11-18(12-10-17)26-14-16-7-5-4-6-8-16/h4-12,19H,3,13-14H2,1-2H3/t19-/m0/s1. The van der Waals surface area contributed by atoms with Crippen LogP contribution in [0.1, 0.15) is 36.2 Å². The number of hydrogen-bond donors (Lipinski definition) is 0. The van der Waals surface area contributed by atoms with Gasteiger partial charge in [0, 0.05) is 12.0 Å². The van der Waals surface area contributed by atoms with Crippen LogP contribution in [0.25, 0.3) is 0 Å². The van der Waals surface area contributed by atoms with Crippen LogP contribution in [0.2, 0.25) is 0 Å². The van der Waals surface area contributed by atoms with Gasteiger partial charge in [-0.1, -0.05) is 30.3 Å². The van der Waals surface area contributed by atoms with Crippen LogP contribution in [0, 0.1) is 5.92 Å². The minimum Gasteiger partial charge on any atom is -0.489 e. The number of esters is 1. The van der Waals surface area contributed by atoms with Crippen molar-refractivity contribution in [1.29, 1.82) is 0 Å². The molecule has 0 saturated carbocycles. The fraction of sp³-hybridized carbons (Fsp3) is 0.286. The summed E-state index contributed by atoms with van der Waals surface area (Å²) in [4.78, 5) is 35.8. The predicted octanol–water partition coefficient (Wildman–Crippen LogP) is 3.61. The molecule has 5 nitrogen and oxygen atoms in total. The summed E-state index contributed by atoms with van der Waals surface area (Å²) >= 11 is 0. The Labute approximate surface area is 152 Å². The van der Waals surface area contributed by atoms with Crippen LogP contribution in [0.3, 0.4) is 0 Å². The van der Waals surface area contributed by atoms with E-state index in [4.69, 9.17) is 9.47 Å². The highest BCUT2D eigenvalue weighted by atomic mass is 16.5. The Morgan fingerprint density at radius 2 is 1.62 bits per heavy atom. The van der Waals surface area contributed by atoms with Crippen molar-refractivity contribution in [2.24, 2.45) is 5.92 Å². The molecule has 0 saturated heterocycles. The first-order valence-electron chi connectivity index (χ1n) is 8.48. The van der Waals surface area contributed by atoms with Gasteiger partial charge in [0.25, 0.3) is 0 Å². The lowest BCUT2D eigenvalue weighted by Gasteiger charge is -2.12. The fourth-order valence-electron chi connectivity index (χ4n) is 2.42. The molecule has 0 unspecified atom stereocenters. The maximum atomic E-state index is 12.4. The first-order valence-corrected chi connectivity index (χ1v) is 8.48. The molecule has 2 aromatic carbocycles. The van der Waals surface area contributed by atoms with Crippen molar-refractivity contribution in [1.82, 2.24) is 0 Å². The maximum absolute atomic E-state index is 12.4. The number of carbonyl (C=O) groups is 3. The molecule has 26 heavy (non-hydrogen) atoms. The summed E-state index contributed by atoms with van der Waals surface area (Å²) in [6, 6.07) is 16.4. The lowest BCUT2D eigenvalue weighted by atomic mass is 9.95. The second-order valence-electron chi connectivity index (χ2n) is 5.84. The third-order valence-corrected chi connectivity index (χ3v) is 3.88. The summed E-state index contributed by atoms with van der Waals surface area (Å²) in [6.45, 7) is 3.55. The molecular formula is C21H22O5. The van der Waals surface area contributed by atoms with Gasteiger partial charge in [0.15, 0.2) is 5.78 Å². The zero-order valence-electron chi connectivity index (χ0n) is 14.9. The highest BCUT2D eigenvalue weighted by Crippen LogP contribution is 2.18. The molecule has 2 aromatic rings. The molecule has 0 aromatic heterocycles. The molecule has 0 heterocycles. The SMILES string of the molecule is CCOC(=O)[C@@H](CC(=O)c1ccc(OCc2ccccc2)cc1)C(C)=O. The smallest absolute Gasteiger partial charge is 0.316 e. The number of ether oxygens (including phenoxy) is 2. The summed E-state index contributed by atoms with van der Waals surface area (Å²) in [6.07, 6.45) is -0.196. The largest absolute Gasteiger partial charge is 0.489 e. The van der Waals surface area contributed by atoms with Crippen LogP contribution in [-0.2, 0) is 20.9 Å². The van der Waals surface area contributed by atoms with Gasteiger partial charge >= 0.3 is 5.97 Å². The van der Waals surface area contributed by atoms with Gasteiger partial charge in [-0.3, -0.25) is 14.4 Å². The molecule has 0 N–H and O–H groups in total. The molecule has 2 rings (SSSR count). The van der Waals surface area contributed by atoms with Crippen LogP contribution < -0.4 is 4.74 Å². The van der Waals surface area contributed by atoms with Crippen molar-refractivity contribution in [3.8, 4) is 5.75 Å². The van der Waals surface area contributed by atoms with Crippen molar-refractivity contribution in [3.05, 3.63) is 65.7 Å². The van der Waals surface area contributed by atoms with Crippen LogP contribution in [0.15, 0.2) is 54.6 Å². The Balaban J connectivity index is 1.97. The van der Waals surface area contributed by atoms with Gasteiger partial charge in [-0.2, -0.15) is 0 Å². The summed E-state index contributed by atoms with van der Waals surface area (Å²) in [5, 5.41) is 0. The minimum absolute atomic E-state index is 0.171. The van der Waals surface area contributed by atoms with Crippen LogP contribution >= 0.6 is 0 Å². The van der Waals surface area contributed by atoms with Crippen molar-refractivity contribution in [2.75, 3.05) is 6.61 Å². The van der Waals surface area contributed by atoms with Gasteiger partial charge in [-0.25, -0.2) is 0 Å². The maximum Gasteiger partial charge on any atom is 0.316 e. The normalized spacial score (nSPS) is 11.5. The summed E-state index contributed by atoms with van der Waals surface area (Å²) in [5.74, 6) is -1.74. The summed E-state index contributed by atoms with van der Waals surface area (Å²) in [5.41, 5.74) is 1.47. The lowest BCUT2D eigenvalue weighted by Crippen LogP contribution is -2.27. The number of rotatable bonds is 9. The second-order valence-corrected chi connectivity index (χ2v) is 5.84. The Morgan fingerprint density at radius 3 is 2.19 bits per heavy atom. The van der Waals surface area contributed by atoms with E-state index in [1.807, 2.05) is 30.3 Å². The molecule has 0 bridgehead atoms. The molecule has 0 radical (unpaired) electrons. The summed E-state index contributed by atoms with van der Waals surface area (Å²) < 4.78 is 10.5. The zero-order chi connectivity index (χ0) is 18.9. The Morgan fingerprint density at radius 1 is 0.962 bits per heavy atom. The number of benzene rings is 2. The van der Waals surface area contributed by atoms with Crippen molar-refractivity contribution in [3.63, 3.8) is 0 Å². The van der Waals surface area contributed by atoms with E-state index >= 15 is 0 Å². The monoisotopic (exact) mass is 354 g/mol. The Bertz CT molecular complexity index is 750. The topological polar surface area (TPSA) is 69.7 Å². The van der Waals surface area contributed by atoms with Crippen molar-refractivity contribution < 1.29 is 23.9 Å². The minimum atomic E-state index is -1.06. The van der Waals surface area contributed by atoms with Crippen LogP contribution in [0.5, 0.6) is 5.75 Å². The molecule has 0 amide bonds. The highest BCUT2D eigenvalue weighted by Gasteiger charge is 2.27. The average Bonchev–Trinajstić information content (AvgIpc) is 2.65. The fourth-order valence-corrected chi connectivity index (χ4v) is 2.42. The predicted molar refractivity (Wildman–Crippen MR) is 97.0 cm³/mol. The van der Waals surface area contributed by atoms with Crippen LogP contribution in [0.4, 0.5) is 0 Å². The van der Waals surface area contributed by atoms with Crippen LogP contribution in [-0.4, -0.2) is 24.1 Å². The highest BCUT2D eigenvalue weighted by molar-refractivity contribution is 6.05. The van der Waals surface area contributed by atoms with E-state index in [9.17, 15) is 14.4 Å². The van der Waals surface area contributed by atoms with E-state index in [-0.39, 0.29) is 24.6 Å². The third-order valence-electron chi connectivity index (χ3n) is 3.88. The van der Waals surface area contributed by atoms with Gasteiger partial charge in [0.2, 0.25) is 0 Å². The van der Waals surface area contributed by atoms with Gasteiger partial charge < -0.3 is 9.47 Å². The van der Waals surface area contributed by atoms with E-state index in [1.165, 1.54) is 6.92 Å². The molecule has 0 spiro atoms. The average molecular weight is 354 g/mol. The molecular weight excluding hydrogens is 332 g/mol. The van der Waals surface area contributed by atoms with E-state index < -0.39 is 11.9 Å². The van der Waals surface area contributed by atoms with E-state index in [0.717, 1.165) is 5.56 Å². The molecule has 5 heteroatoms. The van der Waals surface area contributed by atoms with Gasteiger partial charge in [0.05, 0.1) is 6.61 Å². The molecule has 0 aliphatic carbocycles. The number of hydrogen-bond acceptors (Lipinski definition) is 5. The molecule has 0 aliphatic rings. The first-order chi connectivity index (χ1) is 12.5. The number of carbonyl (C=O) groups excluding carboxylic acids is 3. The Kier molecular flexibility index (Phi) is 7.09. The van der Waals surface area contributed by atoms with E-state index in [2.05, 4.69) is 0 Å². The lowest BCUT2D eigenvalue weighted by molar-refractivity contribution is -0.151. The summed E-state index contributed by atoms with van der Waals surface area (Å²) in [7, 11) is 0. The number of ketones is 2. The molecule has 0 fully saturated rings. The number of Topliss-reactive ketones (excluding diaryl/α,β-unsaturated/α-hetero) is 2. The molecule has 136 valence electrons. The van der Waals surface area contributed by atoms with Crippen molar-refractivity contribution in [2.45, 2.75) is 26.9 Å². The van der Waals surface area contributed by atoms with Gasteiger partial charge in [-0.15, -0.1) is 0 Å². The van der Waals surface area contributed by atoms with Gasteiger partial charge in [0.1, 0.15) is 24.1 Å². The second kappa shape index (κ2) is 9.51. The Hall–Kier alpha value is -2.95. The van der Waals surface area contributed by atoms with E-state index in [1.54, 1.807) is 31.2 Å². The quantitative estimate of drug-likeness (QED) is 0.391. The van der Waals surface area contributed by atoms with E-state index in [0.29, 0.717) is 17.9 Å². The third kappa shape index (κ3) is 5.55. The zero-order valence-corrected chi connectivity index (χ0v) is 14.9. The molecule has 0 aliphatic heterocycles.